The predicted octanol–water partition coefficient (Wildman–Crippen LogP) is 2.56. The summed E-state index contributed by atoms with van der Waals surface area (Å²) in [5.41, 5.74) is 6.59. The van der Waals surface area contributed by atoms with Crippen molar-refractivity contribution < 1.29 is 0 Å². The third kappa shape index (κ3) is 3.55. The summed E-state index contributed by atoms with van der Waals surface area (Å²) in [6, 6.07) is 0.664. The normalized spacial score (nSPS) is 37.5. The summed E-state index contributed by atoms with van der Waals surface area (Å²) in [6.45, 7) is 11.5. The lowest BCUT2D eigenvalue weighted by molar-refractivity contribution is -0.0168. The van der Waals surface area contributed by atoms with Gasteiger partial charge in [0.05, 0.1) is 0 Å². The van der Waals surface area contributed by atoms with E-state index in [1.165, 1.54) is 51.7 Å². The first-order chi connectivity index (χ1) is 9.47. The predicted molar refractivity (Wildman–Crippen MR) is 86.9 cm³/mol. The van der Waals surface area contributed by atoms with E-state index in [-0.39, 0.29) is 0 Å². The zero-order valence-electron chi connectivity index (χ0n) is 14.1. The fourth-order valence-electron chi connectivity index (χ4n) is 4.41. The zero-order chi connectivity index (χ0) is 14.8. The average molecular weight is 281 g/mol. The van der Waals surface area contributed by atoms with Crippen molar-refractivity contribution in [1.29, 1.82) is 0 Å². The SMILES string of the molecule is CC(C)CC1CCCC(CN)(N2CCN(C)C(C)C2)C1. The van der Waals surface area contributed by atoms with Crippen molar-refractivity contribution in [2.45, 2.75) is 64.5 Å². The van der Waals surface area contributed by atoms with Crippen LogP contribution < -0.4 is 5.73 Å². The van der Waals surface area contributed by atoms with Crippen molar-refractivity contribution >= 4 is 0 Å². The van der Waals surface area contributed by atoms with Crippen LogP contribution in [-0.4, -0.2) is 54.6 Å². The number of rotatable bonds is 4. The highest BCUT2D eigenvalue weighted by Crippen LogP contribution is 2.39. The van der Waals surface area contributed by atoms with Crippen molar-refractivity contribution in [2.24, 2.45) is 17.6 Å². The third-order valence-electron chi connectivity index (χ3n) is 5.74. The number of hydrogen-bond donors (Lipinski definition) is 1. The topological polar surface area (TPSA) is 32.5 Å². The second-order valence-electron chi connectivity index (χ2n) is 7.80. The molecular weight excluding hydrogens is 246 g/mol. The van der Waals surface area contributed by atoms with E-state index in [2.05, 4.69) is 37.6 Å². The molecule has 0 aromatic rings. The van der Waals surface area contributed by atoms with Gasteiger partial charge in [0.15, 0.2) is 0 Å². The van der Waals surface area contributed by atoms with Crippen molar-refractivity contribution in [3.63, 3.8) is 0 Å². The van der Waals surface area contributed by atoms with Crippen molar-refractivity contribution in [3.05, 3.63) is 0 Å². The largest absolute Gasteiger partial charge is 0.329 e. The molecule has 3 atom stereocenters. The molecule has 0 amide bonds. The highest BCUT2D eigenvalue weighted by Gasteiger charge is 2.42. The molecule has 3 heteroatoms. The van der Waals surface area contributed by atoms with Gasteiger partial charge < -0.3 is 10.6 Å². The maximum atomic E-state index is 6.29. The summed E-state index contributed by atoms with van der Waals surface area (Å²) < 4.78 is 0. The Morgan fingerprint density at radius 3 is 2.65 bits per heavy atom. The summed E-state index contributed by atoms with van der Waals surface area (Å²) in [5, 5.41) is 0. The van der Waals surface area contributed by atoms with Gasteiger partial charge in [0, 0.05) is 37.8 Å². The van der Waals surface area contributed by atoms with Gasteiger partial charge in [0.2, 0.25) is 0 Å². The molecule has 1 aliphatic carbocycles. The van der Waals surface area contributed by atoms with E-state index >= 15 is 0 Å². The molecule has 2 aliphatic rings. The lowest BCUT2D eigenvalue weighted by Crippen LogP contribution is -2.63. The van der Waals surface area contributed by atoms with Gasteiger partial charge in [0.25, 0.3) is 0 Å². The second kappa shape index (κ2) is 6.76. The van der Waals surface area contributed by atoms with E-state index in [0.717, 1.165) is 18.4 Å². The number of nitrogens with zero attached hydrogens (tertiary/aromatic N) is 2. The van der Waals surface area contributed by atoms with Crippen LogP contribution in [0.4, 0.5) is 0 Å². The molecular formula is C17H35N3. The maximum absolute atomic E-state index is 6.29. The number of nitrogens with two attached hydrogens (primary N) is 1. The Bertz CT molecular complexity index is 305. The molecule has 20 heavy (non-hydrogen) atoms. The van der Waals surface area contributed by atoms with Gasteiger partial charge in [-0.1, -0.05) is 26.7 Å². The Morgan fingerprint density at radius 1 is 1.30 bits per heavy atom. The Kier molecular flexibility index (Phi) is 5.49. The summed E-state index contributed by atoms with van der Waals surface area (Å²) in [5.74, 6) is 1.71. The van der Waals surface area contributed by atoms with Crippen LogP contribution in [0.1, 0.15) is 52.9 Å². The lowest BCUT2D eigenvalue weighted by Gasteiger charge is -2.52. The fourth-order valence-corrected chi connectivity index (χ4v) is 4.41. The molecule has 2 fully saturated rings. The van der Waals surface area contributed by atoms with Crippen molar-refractivity contribution in [1.82, 2.24) is 9.80 Å². The molecule has 0 radical (unpaired) electrons. The minimum atomic E-state index is 0.299. The van der Waals surface area contributed by atoms with Gasteiger partial charge in [-0.15, -0.1) is 0 Å². The summed E-state index contributed by atoms with van der Waals surface area (Å²) >= 11 is 0. The number of hydrogen-bond acceptors (Lipinski definition) is 3. The van der Waals surface area contributed by atoms with Gasteiger partial charge in [0.1, 0.15) is 0 Å². The first-order valence-electron chi connectivity index (χ1n) is 8.62. The molecule has 3 unspecified atom stereocenters. The van der Waals surface area contributed by atoms with Gasteiger partial charge in [-0.3, -0.25) is 4.90 Å². The molecule has 0 spiro atoms. The van der Waals surface area contributed by atoms with E-state index in [1.807, 2.05) is 0 Å². The minimum absolute atomic E-state index is 0.299. The molecule has 1 saturated heterocycles. The van der Waals surface area contributed by atoms with Crippen LogP contribution in [0.25, 0.3) is 0 Å². The number of piperazine rings is 1. The van der Waals surface area contributed by atoms with E-state index in [4.69, 9.17) is 5.73 Å². The summed E-state index contributed by atoms with van der Waals surface area (Å²) in [7, 11) is 2.25. The van der Waals surface area contributed by atoms with Crippen LogP contribution in [0.5, 0.6) is 0 Å². The summed E-state index contributed by atoms with van der Waals surface area (Å²) in [4.78, 5) is 5.22. The van der Waals surface area contributed by atoms with Crippen molar-refractivity contribution in [2.75, 3.05) is 33.2 Å². The second-order valence-corrected chi connectivity index (χ2v) is 7.80. The molecule has 3 nitrogen and oxygen atoms in total. The maximum Gasteiger partial charge on any atom is 0.0335 e. The standard InChI is InChI=1S/C17H35N3/c1-14(2)10-16-6-5-7-17(11-16,13-18)20-9-8-19(4)15(3)12-20/h14-16H,5-13,18H2,1-4H3. The molecule has 0 bridgehead atoms. The highest BCUT2D eigenvalue weighted by atomic mass is 15.3. The molecule has 1 saturated carbocycles. The van der Waals surface area contributed by atoms with Crippen molar-refractivity contribution in [3.8, 4) is 0 Å². The lowest BCUT2D eigenvalue weighted by atomic mass is 9.72. The van der Waals surface area contributed by atoms with Crippen LogP contribution >= 0.6 is 0 Å². The van der Waals surface area contributed by atoms with E-state index < -0.39 is 0 Å². The van der Waals surface area contributed by atoms with Gasteiger partial charge in [-0.25, -0.2) is 0 Å². The minimum Gasteiger partial charge on any atom is -0.329 e. The molecule has 2 N–H and O–H groups in total. The summed E-state index contributed by atoms with van der Waals surface area (Å²) in [6.07, 6.45) is 6.82. The molecule has 0 aromatic carbocycles. The molecule has 1 heterocycles. The van der Waals surface area contributed by atoms with Crippen LogP contribution in [0.15, 0.2) is 0 Å². The van der Waals surface area contributed by atoms with E-state index in [9.17, 15) is 0 Å². The Labute approximate surface area is 125 Å². The van der Waals surface area contributed by atoms with Gasteiger partial charge >= 0.3 is 0 Å². The van der Waals surface area contributed by atoms with E-state index in [1.54, 1.807) is 0 Å². The number of likely N-dealkylation sites (N-methyl/N-ethyl adjacent to an activating group) is 1. The van der Waals surface area contributed by atoms with Gasteiger partial charge in [-0.05, 0) is 45.1 Å². The van der Waals surface area contributed by atoms with E-state index in [0.29, 0.717) is 11.6 Å². The third-order valence-corrected chi connectivity index (χ3v) is 5.74. The Morgan fingerprint density at radius 2 is 2.05 bits per heavy atom. The van der Waals surface area contributed by atoms with Crippen LogP contribution in [-0.2, 0) is 0 Å². The van der Waals surface area contributed by atoms with Gasteiger partial charge in [-0.2, -0.15) is 0 Å². The van der Waals surface area contributed by atoms with Crippen LogP contribution in [0, 0.1) is 11.8 Å². The zero-order valence-corrected chi connectivity index (χ0v) is 14.1. The van der Waals surface area contributed by atoms with Crippen LogP contribution in [0.3, 0.4) is 0 Å². The van der Waals surface area contributed by atoms with Crippen LogP contribution in [0.2, 0.25) is 0 Å². The average Bonchev–Trinajstić information content (AvgIpc) is 2.41. The smallest absolute Gasteiger partial charge is 0.0335 e. The molecule has 118 valence electrons. The Balaban J connectivity index is 2.04. The quantitative estimate of drug-likeness (QED) is 0.859. The Hall–Kier alpha value is -0.120. The molecule has 2 rings (SSSR count). The monoisotopic (exact) mass is 281 g/mol. The first-order valence-corrected chi connectivity index (χ1v) is 8.62. The fraction of sp³-hybridized carbons (Fsp3) is 1.00. The molecule has 0 aromatic heterocycles. The first kappa shape index (κ1) is 16.3. The highest BCUT2D eigenvalue weighted by molar-refractivity contribution is 4.99. The molecule has 1 aliphatic heterocycles.